The molecule has 0 spiro atoms. The van der Waals surface area contributed by atoms with Crippen molar-refractivity contribution in [3.8, 4) is 0 Å². The minimum atomic E-state index is 1.68. The number of hydrogen-bond acceptors (Lipinski definition) is 1. The third kappa shape index (κ3) is 5.88. The zero-order valence-corrected chi connectivity index (χ0v) is 6.00. The lowest BCUT2D eigenvalue weighted by molar-refractivity contribution is 1.62. The Labute approximate surface area is 57.0 Å². The highest BCUT2D eigenvalue weighted by atomic mass is 127. The summed E-state index contributed by atoms with van der Waals surface area (Å²) in [6, 6.07) is 0. The van der Waals surface area contributed by atoms with Crippen molar-refractivity contribution in [3.63, 3.8) is 0 Å². The van der Waals surface area contributed by atoms with Crippen LogP contribution < -0.4 is 0 Å². The second-order valence-electron chi connectivity index (χ2n) is 0.824. The van der Waals surface area contributed by atoms with Gasteiger partial charge in [0, 0.05) is 6.20 Å². The number of rotatable bonds is 2. The highest BCUT2D eigenvalue weighted by molar-refractivity contribution is 14.1. The second kappa shape index (κ2) is 5.88. The Balaban J connectivity index is 3.27. The van der Waals surface area contributed by atoms with Gasteiger partial charge >= 0.3 is 0 Å². The Kier molecular flexibility index (Phi) is 5.78. The van der Waals surface area contributed by atoms with Gasteiger partial charge < -0.3 is 0 Å². The Morgan fingerprint density at radius 2 is 2.29 bits per heavy atom. The number of halogens is 1. The predicted octanol–water partition coefficient (Wildman–Crippen LogP) is 2.15. The van der Waals surface area contributed by atoms with Gasteiger partial charge in [-0.05, 0) is 28.7 Å². The van der Waals surface area contributed by atoms with Crippen molar-refractivity contribution in [3.05, 3.63) is 24.9 Å². The smallest absolute Gasteiger partial charge is 0.0651 e. The third-order valence-electron chi connectivity index (χ3n) is 0.365. The standard InChI is InChI=1S/C5H6IN/c1-2-3-4-7-5-6/h2-5H,1H2/b4-3-,7-5?. The molecule has 0 aromatic rings. The lowest BCUT2D eigenvalue weighted by Gasteiger charge is -1.65. The summed E-state index contributed by atoms with van der Waals surface area (Å²) in [7, 11) is 0. The summed E-state index contributed by atoms with van der Waals surface area (Å²) < 4.78 is 1.69. The quantitative estimate of drug-likeness (QED) is 0.373. The van der Waals surface area contributed by atoms with Crippen molar-refractivity contribution in [1.82, 2.24) is 0 Å². The SMILES string of the molecule is C=C/C=C\N=CI. The van der Waals surface area contributed by atoms with E-state index in [0.29, 0.717) is 0 Å². The van der Waals surface area contributed by atoms with E-state index in [1.54, 1.807) is 22.6 Å². The maximum absolute atomic E-state index is 3.77. The molecular weight excluding hydrogens is 201 g/mol. The molecule has 0 saturated carbocycles. The van der Waals surface area contributed by atoms with E-state index in [1.165, 1.54) is 0 Å². The van der Waals surface area contributed by atoms with E-state index in [1.807, 2.05) is 22.6 Å². The van der Waals surface area contributed by atoms with Gasteiger partial charge in [0.05, 0.1) is 4.22 Å². The van der Waals surface area contributed by atoms with Crippen molar-refractivity contribution in [1.29, 1.82) is 0 Å². The van der Waals surface area contributed by atoms with Crippen LogP contribution in [0.3, 0.4) is 0 Å². The van der Waals surface area contributed by atoms with Gasteiger partial charge in [0.1, 0.15) is 0 Å². The van der Waals surface area contributed by atoms with Gasteiger partial charge in [0.15, 0.2) is 0 Å². The zero-order valence-electron chi connectivity index (χ0n) is 3.84. The van der Waals surface area contributed by atoms with Crippen LogP contribution in [0, 0.1) is 0 Å². The summed E-state index contributed by atoms with van der Waals surface area (Å²) in [5, 5.41) is 0. The van der Waals surface area contributed by atoms with Crippen molar-refractivity contribution >= 4 is 26.8 Å². The molecule has 0 fully saturated rings. The van der Waals surface area contributed by atoms with Gasteiger partial charge in [-0.15, -0.1) is 0 Å². The minimum absolute atomic E-state index is 1.68. The average molecular weight is 207 g/mol. The molecule has 0 aromatic carbocycles. The summed E-state index contributed by atoms with van der Waals surface area (Å²) in [6.45, 7) is 3.47. The van der Waals surface area contributed by atoms with Crippen LogP contribution in [0.4, 0.5) is 0 Å². The summed E-state index contributed by atoms with van der Waals surface area (Å²) in [5.41, 5.74) is 0. The zero-order chi connectivity index (χ0) is 5.54. The first-order chi connectivity index (χ1) is 3.41. The summed E-state index contributed by atoms with van der Waals surface area (Å²) in [6.07, 6.45) is 5.14. The molecule has 0 unspecified atom stereocenters. The maximum atomic E-state index is 3.77. The number of allylic oxidation sites excluding steroid dienone is 2. The first kappa shape index (κ1) is 6.88. The predicted molar refractivity (Wildman–Crippen MR) is 41.8 cm³/mol. The van der Waals surface area contributed by atoms with Crippen LogP contribution in [0.25, 0.3) is 0 Å². The van der Waals surface area contributed by atoms with Crippen molar-refractivity contribution in [2.75, 3.05) is 0 Å². The van der Waals surface area contributed by atoms with Gasteiger partial charge in [-0.25, -0.2) is 0 Å². The van der Waals surface area contributed by atoms with Gasteiger partial charge in [-0.2, -0.15) is 0 Å². The number of nitrogens with zero attached hydrogens (tertiary/aromatic N) is 1. The number of aliphatic imine (C=N–C) groups is 1. The highest BCUT2D eigenvalue weighted by Crippen LogP contribution is 1.76. The van der Waals surface area contributed by atoms with E-state index in [4.69, 9.17) is 0 Å². The van der Waals surface area contributed by atoms with Crippen LogP contribution in [0.5, 0.6) is 0 Å². The van der Waals surface area contributed by atoms with Gasteiger partial charge in [-0.3, -0.25) is 4.99 Å². The van der Waals surface area contributed by atoms with E-state index in [-0.39, 0.29) is 0 Å². The Morgan fingerprint density at radius 1 is 1.57 bits per heavy atom. The molecule has 0 atom stereocenters. The van der Waals surface area contributed by atoms with Crippen LogP contribution >= 0.6 is 22.6 Å². The molecule has 0 aliphatic carbocycles. The van der Waals surface area contributed by atoms with Gasteiger partial charge in [0.2, 0.25) is 0 Å². The fourth-order valence-electron chi connectivity index (χ4n) is 0.143. The molecule has 2 heteroatoms. The molecule has 7 heavy (non-hydrogen) atoms. The van der Waals surface area contributed by atoms with Gasteiger partial charge in [0.25, 0.3) is 0 Å². The molecule has 1 nitrogen and oxygen atoms in total. The summed E-state index contributed by atoms with van der Waals surface area (Å²) >= 11 is 2.05. The summed E-state index contributed by atoms with van der Waals surface area (Å²) in [4.78, 5) is 3.77. The molecule has 0 bridgehead atoms. The average Bonchev–Trinajstić information content (AvgIpc) is 1.69. The normalized spacial score (nSPS) is 11.0. The molecule has 0 heterocycles. The first-order valence-corrected chi connectivity index (χ1v) is 3.06. The van der Waals surface area contributed by atoms with E-state index in [9.17, 15) is 0 Å². The Bertz CT molecular complexity index is 94.3. The topological polar surface area (TPSA) is 12.4 Å². The van der Waals surface area contributed by atoms with Crippen molar-refractivity contribution in [2.24, 2.45) is 4.99 Å². The Hall–Kier alpha value is -0.120. The van der Waals surface area contributed by atoms with E-state index >= 15 is 0 Å². The Morgan fingerprint density at radius 3 is 2.71 bits per heavy atom. The van der Waals surface area contributed by atoms with Crippen molar-refractivity contribution < 1.29 is 0 Å². The highest BCUT2D eigenvalue weighted by Gasteiger charge is 1.53. The maximum Gasteiger partial charge on any atom is 0.0651 e. The molecular formula is C5H6IN. The van der Waals surface area contributed by atoms with E-state index < -0.39 is 0 Å². The fraction of sp³-hybridized carbons (Fsp3) is 0. The third-order valence-corrected chi connectivity index (χ3v) is 0.686. The van der Waals surface area contributed by atoms with Crippen LogP contribution in [-0.4, -0.2) is 4.22 Å². The molecule has 0 rings (SSSR count). The lowest BCUT2D eigenvalue weighted by atomic mass is 10.6. The van der Waals surface area contributed by atoms with Crippen LogP contribution in [-0.2, 0) is 0 Å². The van der Waals surface area contributed by atoms with Crippen LogP contribution in [0.15, 0.2) is 29.9 Å². The van der Waals surface area contributed by atoms with Crippen molar-refractivity contribution in [2.45, 2.75) is 0 Å². The minimum Gasteiger partial charge on any atom is -0.258 e. The molecule has 0 aromatic heterocycles. The molecule has 0 saturated heterocycles. The summed E-state index contributed by atoms with van der Waals surface area (Å²) in [5.74, 6) is 0. The molecule has 0 amide bonds. The van der Waals surface area contributed by atoms with E-state index in [0.717, 1.165) is 0 Å². The number of hydrogen-bond donors (Lipinski definition) is 0. The van der Waals surface area contributed by atoms with Gasteiger partial charge in [-0.1, -0.05) is 12.7 Å². The molecule has 0 radical (unpaired) electrons. The van der Waals surface area contributed by atoms with E-state index in [2.05, 4.69) is 11.6 Å². The lowest BCUT2D eigenvalue weighted by Crippen LogP contribution is -1.46. The first-order valence-electron chi connectivity index (χ1n) is 1.81. The monoisotopic (exact) mass is 207 g/mol. The fourth-order valence-corrected chi connectivity index (χ4v) is 0.329. The van der Waals surface area contributed by atoms with Crippen LogP contribution in [0.2, 0.25) is 0 Å². The van der Waals surface area contributed by atoms with Crippen LogP contribution in [0.1, 0.15) is 0 Å². The molecule has 0 aliphatic rings. The second-order valence-corrected chi connectivity index (χ2v) is 1.38. The largest absolute Gasteiger partial charge is 0.258 e. The molecule has 0 aliphatic heterocycles. The molecule has 0 N–H and O–H groups in total. The molecule has 38 valence electrons.